The van der Waals surface area contributed by atoms with Crippen LogP contribution >= 0.6 is 0 Å². The molecule has 0 spiro atoms. The molecule has 0 unspecified atom stereocenters. The Morgan fingerprint density at radius 3 is 2.71 bits per heavy atom. The summed E-state index contributed by atoms with van der Waals surface area (Å²) in [4.78, 5) is 8.46. The van der Waals surface area contributed by atoms with E-state index in [1.165, 1.54) is 12.8 Å². The van der Waals surface area contributed by atoms with E-state index in [-0.39, 0.29) is 0 Å². The summed E-state index contributed by atoms with van der Waals surface area (Å²) in [6.07, 6.45) is 4.20. The van der Waals surface area contributed by atoms with Gasteiger partial charge in [-0.15, -0.1) is 0 Å². The van der Waals surface area contributed by atoms with Crippen molar-refractivity contribution in [2.24, 2.45) is 10.9 Å². The average molecular weight is 413 g/mol. The van der Waals surface area contributed by atoms with Crippen molar-refractivity contribution in [1.82, 2.24) is 15.2 Å². The summed E-state index contributed by atoms with van der Waals surface area (Å²) in [5.74, 6) is 1.36. The molecule has 0 saturated heterocycles. The standard InChI is InChI=1S/C25H28N6/c1-15(2)21(14-26-5)17(4)28-22-8-6-7-20-24(30-31-25(20)22)19-11-12-27-23(13-19)29-16(3)18-9-10-18/h6-8,11-13,18,28H,3-5,9-10,14H2,1-2H3,(H,27,29)(H,30,31). The van der Waals surface area contributed by atoms with Gasteiger partial charge in [-0.3, -0.25) is 10.1 Å². The Morgan fingerprint density at radius 1 is 1.19 bits per heavy atom. The van der Waals surface area contributed by atoms with Crippen LogP contribution in [0.15, 0.2) is 77.2 Å². The minimum absolute atomic E-state index is 0.525. The lowest BCUT2D eigenvalue weighted by Gasteiger charge is -2.14. The third-order valence-electron chi connectivity index (χ3n) is 5.51. The zero-order valence-corrected chi connectivity index (χ0v) is 18.1. The average Bonchev–Trinajstić information content (AvgIpc) is 3.51. The van der Waals surface area contributed by atoms with Crippen LogP contribution < -0.4 is 10.6 Å². The molecule has 0 aliphatic heterocycles. The molecule has 1 aliphatic carbocycles. The maximum absolute atomic E-state index is 4.60. The predicted octanol–water partition coefficient (Wildman–Crippen LogP) is 5.92. The number of H-pyrrole nitrogens is 1. The van der Waals surface area contributed by atoms with Crippen LogP contribution in [0.5, 0.6) is 0 Å². The zero-order chi connectivity index (χ0) is 22.0. The van der Waals surface area contributed by atoms with Crippen molar-refractivity contribution in [3.63, 3.8) is 0 Å². The minimum atomic E-state index is 0.525. The number of para-hydroxylation sites is 1. The number of hydrogen-bond acceptors (Lipinski definition) is 5. The largest absolute Gasteiger partial charge is 0.354 e. The molecule has 4 rings (SSSR count). The first-order chi connectivity index (χ1) is 15.0. The fourth-order valence-electron chi connectivity index (χ4n) is 3.62. The van der Waals surface area contributed by atoms with Crippen molar-refractivity contribution in [1.29, 1.82) is 0 Å². The summed E-state index contributed by atoms with van der Waals surface area (Å²) < 4.78 is 0. The molecule has 0 radical (unpaired) electrons. The molecule has 31 heavy (non-hydrogen) atoms. The van der Waals surface area contributed by atoms with Gasteiger partial charge in [-0.1, -0.05) is 30.9 Å². The molecule has 3 aromatic rings. The second-order valence-electron chi connectivity index (χ2n) is 8.12. The molecule has 2 aromatic heterocycles. The maximum Gasteiger partial charge on any atom is 0.130 e. The Bertz CT molecular complexity index is 1190. The molecule has 2 heterocycles. The van der Waals surface area contributed by atoms with E-state index >= 15 is 0 Å². The molecule has 1 aromatic carbocycles. The number of anilines is 2. The summed E-state index contributed by atoms with van der Waals surface area (Å²) in [5.41, 5.74) is 7.76. The molecule has 0 amide bonds. The van der Waals surface area contributed by atoms with Crippen LogP contribution in [0, 0.1) is 5.92 Å². The van der Waals surface area contributed by atoms with Gasteiger partial charge in [-0.2, -0.15) is 5.10 Å². The van der Waals surface area contributed by atoms with Gasteiger partial charge in [-0.05, 0) is 63.1 Å². The van der Waals surface area contributed by atoms with Gasteiger partial charge in [0.25, 0.3) is 0 Å². The first-order valence-electron chi connectivity index (χ1n) is 10.4. The van der Waals surface area contributed by atoms with E-state index in [0.717, 1.165) is 56.2 Å². The van der Waals surface area contributed by atoms with Crippen LogP contribution in [-0.2, 0) is 0 Å². The maximum atomic E-state index is 4.60. The summed E-state index contributed by atoms with van der Waals surface area (Å²) in [5, 5.41) is 15.6. The molecule has 1 fully saturated rings. The van der Waals surface area contributed by atoms with Gasteiger partial charge < -0.3 is 10.6 Å². The van der Waals surface area contributed by atoms with E-state index in [1.54, 1.807) is 6.20 Å². The number of fused-ring (bicyclic) bond motifs is 1. The van der Waals surface area contributed by atoms with E-state index in [4.69, 9.17) is 0 Å². The highest BCUT2D eigenvalue weighted by molar-refractivity contribution is 6.00. The van der Waals surface area contributed by atoms with E-state index in [0.29, 0.717) is 12.5 Å². The highest BCUT2D eigenvalue weighted by Gasteiger charge is 2.25. The number of nitrogens with one attached hydrogen (secondary N) is 3. The van der Waals surface area contributed by atoms with Gasteiger partial charge in [0.1, 0.15) is 11.5 Å². The number of allylic oxidation sites excluding steroid dienone is 2. The topological polar surface area (TPSA) is 78.0 Å². The second kappa shape index (κ2) is 8.60. The van der Waals surface area contributed by atoms with Crippen molar-refractivity contribution in [3.8, 4) is 11.3 Å². The van der Waals surface area contributed by atoms with Crippen LogP contribution in [-0.4, -0.2) is 28.4 Å². The lowest BCUT2D eigenvalue weighted by molar-refractivity contribution is 1.01. The van der Waals surface area contributed by atoms with Crippen molar-refractivity contribution < 1.29 is 0 Å². The van der Waals surface area contributed by atoms with Crippen molar-refractivity contribution in [2.45, 2.75) is 26.7 Å². The molecule has 0 atom stereocenters. The third kappa shape index (κ3) is 4.43. The lowest BCUT2D eigenvalue weighted by atomic mass is 10.1. The van der Waals surface area contributed by atoms with E-state index in [2.05, 4.69) is 70.6 Å². The number of aliphatic imine (C=N–C) groups is 1. The molecule has 6 heteroatoms. The molecule has 158 valence electrons. The van der Waals surface area contributed by atoms with Crippen LogP contribution in [0.2, 0.25) is 0 Å². The smallest absolute Gasteiger partial charge is 0.130 e. The van der Waals surface area contributed by atoms with Gasteiger partial charge in [0.15, 0.2) is 0 Å². The zero-order valence-electron chi connectivity index (χ0n) is 18.1. The van der Waals surface area contributed by atoms with E-state index in [9.17, 15) is 0 Å². The summed E-state index contributed by atoms with van der Waals surface area (Å²) >= 11 is 0. The Balaban J connectivity index is 1.63. The number of rotatable bonds is 9. The van der Waals surface area contributed by atoms with E-state index in [1.807, 2.05) is 24.3 Å². The third-order valence-corrected chi connectivity index (χ3v) is 5.51. The molecule has 1 saturated carbocycles. The summed E-state index contributed by atoms with van der Waals surface area (Å²) in [7, 11) is 0. The summed E-state index contributed by atoms with van der Waals surface area (Å²) in [6.45, 7) is 16.6. The molecular formula is C25H28N6. The molecule has 1 aliphatic rings. The van der Waals surface area contributed by atoms with Gasteiger partial charge in [0.05, 0.1) is 17.7 Å². The molecular weight excluding hydrogens is 384 g/mol. The monoisotopic (exact) mass is 412 g/mol. The quantitative estimate of drug-likeness (QED) is 0.301. The molecule has 3 N–H and O–H groups in total. The van der Waals surface area contributed by atoms with Crippen molar-refractivity contribution in [3.05, 3.63) is 72.2 Å². The number of aromatic amines is 1. The number of aromatic nitrogens is 3. The Morgan fingerprint density at radius 2 is 2.00 bits per heavy atom. The van der Waals surface area contributed by atoms with Crippen molar-refractivity contribution in [2.75, 3.05) is 17.2 Å². The molecule has 6 nitrogen and oxygen atoms in total. The highest BCUT2D eigenvalue weighted by atomic mass is 15.1. The van der Waals surface area contributed by atoms with Crippen LogP contribution in [0.25, 0.3) is 22.2 Å². The second-order valence-corrected chi connectivity index (χ2v) is 8.12. The normalized spacial score (nSPS) is 13.0. The minimum Gasteiger partial charge on any atom is -0.354 e. The van der Waals surface area contributed by atoms with Gasteiger partial charge in [0.2, 0.25) is 0 Å². The SMILES string of the molecule is C=NCC(C(=C)Nc1cccc2c(-c3ccnc(NC(=C)C4CC4)c3)n[nH]c12)=C(C)C. The number of nitrogens with zero attached hydrogens (tertiary/aromatic N) is 3. The van der Waals surface area contributed by atoms with Gasteiger partial charge in [-0.25, -0.2) is 4.98 Å². The number of benzene rings is 1. The predicted molar refractivity (Wildman–Crippen MR) is 130 cm³/mol. The van der Waals surface area contributed by atoms with Crippen LogP contribution in [0.1, 0.15) is 26.7 Å². The van der Waals surface area contributed by atoms with E-state index < -0.39 is 0 Å². The Labute approximate surface area is 182 Å². The lowest BCUT2D eigenvalue weighted by Crippen LogP contribution is -2.05. The van der Waals surface area contributed by atoms with Crippen LogP contribution in [0.4, 0.5) is 11.5 Å². The summed E-state index contributed by atoms with van der Waals surface area (Å²) in [6, 6.07) is 10.1. The van der Waals surface area contributed by atoms with Gasteiger partial charge in [0, 0.05) is 28.5 Å². The molecule has 0 bridgehead atoms. The van der Waals surface area contributed by atoms with Gasteiger partial charge >= 0.3 is 0 Å². The first kappa shape index (κ1) is 20.6. The number of pyridine rings is 1. The fourth-order valence-corrected chi connectivity index (χ4v) is 3.62. The first-order valence-corrected chi connectivity index (χ1v) is 10.4. The highest BCUT2D eigenvalue weighted by Crippen LogP contribution is 2.36. The van der Waals surface area contributed by atoms with Crippen LogP contribution in [0.3, 0.4) is 0 Å². The Hall–Kier alpha value is -3.67. The fraction of sp³-hybridized carbons (Fsp3) is 0.240. The van der Waals surface area contributed by atoms with Crippen molar-refractivity contribution >= 4 is 29.1 Å². The Kier molecular flexibility index (Phi) is 5.71. The number of hydrogen-bond donors (Lipinski definition) is 3.